The maximum atomic E-state index is 12.5. The van der Waals surface area contributed by atoms with Gasteiger partial charge in [-0.15, -0.1) is 0 Å². The normalized spacial score (nSPS) is 17.9. The van der Waals surface area contributed by atoms with Gasteiger partial charge in [0.05, 0.1) is 13.5 Å². The summed E-state index contributed by atoms with van der Waals surface area (Å²) in [5, 5.41) is 0. The summed E-state index contributed by atoms with van der Waals surface area (Å²) < 4.78 is 5.29. The van der Waals surface area contributed by atoms with E-state index in [1.807, 2.05) is 4.90 Å². The molecule has 1 atom stereocenters. The van der Waals surface area contributed by atoms with Crippen molar-refractivity contribution in [2.45, 2.75) is 32.2 Å². The van der Waals surface area contributed by atoms with E-state index in [0.717, 1.165) is 24.9 Å². The number of amides is 1. The predicted octanol–water partition coefficient (Wildman–Crippen LogP) is 1.39. The fraction of sp³-hybridized carbons (Fsp3) is 0.500. The molecule has 0 spiro atoms. The summed E-state index contributed by atoms with van der Waals surface area (Å²) in [5.41, 5.74) is 7.05. The zero-order valence-electron chi connectivity index (χ0n) is 12.6. The second-order valence-corrected chi connectivity index (χ2v) is 5.38. The van der Waals surface area contributed by atoms with Crippen molar-refractivity contribution in [3.05, 3.63) is 29.3 Å². The topological polar surface area (TPSA) is 72.6 Å². The van der Waals surface area contributed by atoms with Gasteiger partial charge in [0.25, 0.3) is 0 Å². The predicted molar refractivity (Wildman–Crippen MR) is 80.5 cm³/mol. The van der Waals surface area contributed by atoms with E-state index in [4.69, 9.17) is 10.5 Å². The molecule has 114 valence electrons. The number of hydrogen-bond acceptors (Lipinski definition) is 4. The van der Waals surface area contributed by atoms with Crippen LogP contribution in [0.25, 0.3) is 0 Å². The van der Waals surface area contributed by atoms with E-state index in [1.54, 1.807) is 25.3 Å². The number of ketones is 1. The van der Waals surface area contributed by atoms with E-state index in [9.17, 15) is 9.59 Å². The molecular formula is C16H22N2O3. The van der Waals surface area contributed by atoms with Crippen LogP contribution in [0.2, 0.25) is 0 Å². The Morgan fingerprint density at radius 2 is 2.19 bits per heavy atom. The molecule has 0 radical (unpaired) electrons. The lowest BCUT2D eigenvalue weighted by atomic mass is 10.0. The second kappa shape index (κ2) is 6.72. The second-order valence-electron chi connectivity index (χ2n) is 5.38. The highest BCUT2D eigenvalue weighted by atomic mass is 16.5. The molecule has 0 aliphatic carbocycles. The van der Waals surface area contributed by atoms with Crippen molar-refractivity contribution < 1.29 is 14.3 Å². The van der Waals surface area contributed by atoms with Crippen LogP contribution in [0.5, 0.6) is 5.75 Å². The van der Waals surface area contributed by atoms with Crippen LogP contribution in [0, 0.1) is 0 Å². The van der Waals surface area contributed by atoms with Crippen LogP contribution in [0.4, 0.5) is 0 Å². The average molecular weight is 290 g/mol. The summed E-state index contributed by atoms with van der Waals surface area (Å²) in [7, 11) is 1.56. The van der Waals surface area contributed by atoms with E-state index in [2.05, 4.69) is 0 Å². The minimum Gasteiger partial charge on any atom is -0.496 e. The lowest BCUT2D eigenvalue weighted by Gasteiger charge is -2.24. The fourth-order valence-electron chi connectivity index (χ4n) is 2.81. The molecule has 21 heavy (non-hydrogen) atoms. The largest absolute Gasteiger partial charge is 0.496 e. The Bertz CT molecular complexity index is 542. The number of methoxy groups -OCH3 is 1. The molecule has 1 aromatic rings. The summed E-state index contributed by atoms with van der Waals surface area (Å²) in [5.74, 6) is 0.658. The molecule has 5 heteroatoms. The van der Waals surface area contributed by atoms with E-state index < -0.39 is 0 Å². The van der Waals surface area contributed by atoms with Crippen LogP contribution in [0.15, 0.2) is 18.2 Å². The average Bonchev–Trinajstić information content (AvgIpc) is 2.95. The number of likely N-dealkylation sites (tertiary alicyclic amines) is 1. The van der Waals surface area contributed by atoms with Crippen molar-refractivity contribution >= 4 is 11.7 Å². The number of nitrogens with zero attached hydrogens (tertiary/aromatic N) is 1. The van der Waals surface area contributed by atoms with E-state index in [1.165, 1.54) is 6.92 Å². The van der Waals surface area contributed by atoms with Gasteiger partial charge in [-0.1, -0.05) is 0 Å². The number of rotatable bonds is 5. The van der Waals surface area contributed by atoms with Gasteiger partial charge in [-0.2, -0.15) is 0 Å². The van der Waals surface area contributed by atoms with Crippen LogP contribution in [-0.2, 0) is 11.2 Å². The Morgan fingerprint density at radius 1 is 1.43 bits per heavy atom. The lowest BCUT2D eigenvalue weighted by molar-refractivity contribution is -0.131. The quantitative estimate of drug-likeness (QED) is 0.832. The molecule has 1 aliphatic rings. The van der Waals surface area contributed by atoms with Crippen molar-refractivity contribution in [1.29, 1.82) is 0 Å². The molecule has 2 rings (SSSR count). The zero-order valence-corrected chi connectivity index (χ0v) is 12.6. The van der Waals surface area contributed by atoms with Crippen molar-refractivity contribution in [1.82, 2.24) is 4.90 Å². The molecule has 2 N–H and O–H groups in total. The van der Waals surface area contributed by atoms with Crippen molar-refractivity contribution in [3.63, 3.8) is 0 Å². The number of carbonyl (C=O) groups is 2. The summed E-state index contributed by atoms with van der Waals surface area (Å²) in [4.78, 5) is 25.8. The maximum Gasteiger partial charge on any atom is 0.227 e. The van der Waals surface area contributed by atoms with Crippen LogP contribution in [-0.4, -0.2) is 42.8 Å². The van der Waals surface area contributed by atoms with Gasteiger partial charge < -0.3 is 15.4 Å². The van der Waals surface area contributed by atoms with Crippen LogP contribution >= 0.6 is 0 Å². The summed E-state index contributed by atoms with van der Waals surface area (Å²) >= 11 is 0. The highest BCUT2D eigenvalue weighted by Crippen LogP contribution is 2.23. The minimum atomic E-state index is -0.0210. The van der Waals surface area contributed by atoms with Gasteiger partial charge in [0.1, 0.15) is 5.75 Å². The summed E-state index contributed by atoms with van der Waals surface area (Å²) in [6.07, 6.45) is 2.20. The van der Waals surface area contributed by atoms with Gasteiger partial charge in [-0.3, -0.25) is 9.59 Å². The van der Waals surface area contributed by atoms with Gasteiger partial charge in [0.15, 0.2) is 5.78 Å². The van der Waals surface area contributed by atoms with Crippen LogP contribution in [0.3, 0.4) is 0 Å². The molecule has 1 aromatic carbocycles. The molecule has 1 saturated heterocycles. The number of hydrogen-bond donors (Lipinski definition) is 1. The number of carbonyl (C=O) groups excluding carboxylic acids is 2. The Morgan fingerprint density at radius 3 is 2.81 bits per heavy atom. The standard InChI is InChI=1S/C16H22N2O3/c1-11(19)12-5-6-15(21-2)13(8-12)9-16(20)18-7-3-4-14(18)10-17/h5-6,8,14H,3-4,7,9-10,17H2,1-2H3. The third-order valence-electron chi connectivity index (χ3n) is 4.00. The van der Waals surface area contributed by atoms with Gasteiger partial charge in [0, 0.05) is 30.3 Å². The van der Waals surface area contributed by atoms with Gasteiger partial charge in [-0.05, 0) is 38.0 Å². The van der Waals surface area contributed by atoms with E-state index in [-0.39, 0.29) is 24.2 Å². The monoisotopic (exact) mass is 290 g/mol. The van der Waals surface area contributed by atoms with Gasteiger partial charge >= 0.3 is 0 Å². The van der Waals surface area contributed by atoms with Crippen molar-refractivity contribution in [2.75, 3.05) is 20.2 Å². The molecule has 1 heterocycles. The molecular weight excluding hydrogens is 268 g/mol. The van der Waals surface area contributed by atoms with E-state index in [0.29, 0.717) is 17.9 Å². The first-order valence-electron chi connectivity index (χ1n) is 7.24. The van der Waals surface area contributed by atoms with Crippen molar-refractivity contribution in [3.8, 4) is 5.75 Å². The lowest BCUT2D eigenvalue weighted by Crippen LogP contribution is -2.40. The molecule has 1 fully saturated rings. The van der Waals surface area contributed by atoms with Gasteiger partial charge in [-0.25, -0.2) is 0 Å². The van der Waals surface area contributed by atoms with Crippen LogP contribution < -0.4 is 10.5 Å². The first kappa shape index (κ1) is 15.5. The van der Waals surface area contributed by atoms with Crippen LogP contribution in [0.1, 0.15) is 35.7 Å². The Balaban J connectivity index is 2.19. The number of nitrogens with two attached hydrogens (primary N) is 1. The smallest absolute Gasteiger partial charge is 0.227 e. The minimum absolute atomic E-state index is 0.0210. The Kier molecular flexibility index (Phi) is 4.96. The summed E-state index contributed by atoms with van der Waals surface area (Å²) in [6.45, 7) is 2.77. The highest BCUT2D eigenvalue weighted by Gasteiger charge is 2.28. The SMILES string of the molecule is COc1ccc(C(C)=O)cc1CC(=O)N1CCCC1CN. The molecule has 0 saturated carbocycles. The molecule has 1 unspecified atom stereocenters. The third kappa shape index (κ3) is 3.42. The van der Waals surface area contributed by atoms with Gasteiger partial charge in [0.2, 0.25) is 5.91 Å². The fourth-order valence-corrected chi connectivity index (χ4v) is 2.81. The number of Topliss-reactive ketones (excluding diaryl/α,β-unsaturated/α-hetero) is 1. The molecule has 0 bridgehead atoms. The number of benzene rings is 1. The Hall–Kier alpha value is -1.88. The molecule has 5 nitrogen and oxygen atoms in total. The highest BCUT2D eigenvalue weighted by molar-refractivity contribution is 5.94. The van der Waals surface area contributed by atoms with E-state index >= 15 is 0 Å². The molecule has 0 aromatic heterocycles. The Labute approximate surface area is 125 Å². The molecule has 1 amide bonds. The maximum absolute atomic E-state index is 12.5. The summed E-state index contributed by atoms with van der Waals surface area (Å²) in [6, 6.07) is 5.34. The third-order valence-corrected chi connectivity index (χ3v) is 4.00. The number of ether oxygens (including phenoxy) is 1. The van der Waals surface area contributed by atoms with Crippen molar-refractivity contribution in [2.24, 2.45) is 5.73 Å². The zero-order chi connectivity index (χ0) is 15.4. The first-order chi connectivity index (χ1) is 10.1. The molecule has 1 aliphatic heterocycles. The first-order valence-corrected chi connectivity index (χ1v) is 7.24.